The van der Waals surface area contributed by atoms with Gasteiger partial charge in [-0.05, 0) is 5.56 Å². The molecule has 32 heavy (non-hydrogen) atoms. The van der Waals surface area contributed by atoms with Crippen molar-refractivity contribution in [2.24, 2.45) is 0 Å². The van der Waals surface area contributed by atoms with E-state index in [0.29, 0.717) is 22.9 Å². The summed E-state index contributed by atoms with van der Waals surface area (Å²) in [6.07, 6.45) is 1.64. The second kappa shape index (κ2) is 8.07. The Hall–Kier alpha value is -3.75. The predicted molar refractivity (Wildman–Crippen MR) is 122 cm³/mol. The van der Waals surface area contributed by atoms with Gasteiger partial charge in [-0.15, -0.1) is 0 Å². The van der Waals surface area contributed by atoms with Crippen LogP contribution in [0.1, 0.15) is 57.7 Å². The van der Waals surface area contributed by atoms with Crippen molar-refractivity contribution >= 4 is 23.1 Å². The molecule has 166 valence electrons. The Morgan fingerprint density at radius 2 is 1.94 bits per heavy atom. The summed E-state index contributed by atoms with van der Waals surface area (Å²) in [6, 6.07) is 9.41. The van der Waals surface area contributed by atoms with Crippen LogP contribution in [0.5, 0.6) is 0 Å². The molecule has 4 aromatic rings. The minimum Gasteiger partial charge on any atom is -0.382 e. The zero-order valence-corrected chi connectivity index (χ0v) is 18.9. The monoisotopic (exact) mass is 433 g/mol. The van der Waals surface area contributed by atoms with Crippen LogP contribution in [-0.4, -0.2) is 30.6 Å². The van der Waals surface area contributed by atoms with Gasteiger partial charge in [0.1, 0.15) is 29.1 Å². The van der Waals surface area contributed by atoms with Crippen LogP contribution < -0.4 is 11.1 Å². The molecular weight excluding hydrogens is 406 g/mol. The Bertz CT molecular complexity index is 1260. The summed E-state index contributed by atoms with van der Waals surface area (Å²) < 4.78 is 7.06. The standard InChI is InChI=1S/C23H27N7O2/c1-13(2)22-28-19(20-21(24)25-12-26-30(20)22)15-8-6-14(7-9-15)10-18(31)27-17-11-16(32-29-17)23(3,4)5/h6-9,11-13H,10H2,1-5H3,(H2,24,25,26)(H,27,29,31). The van der Waals surface area contributed by atoms with Crippen molar-refractivity contribution in [3.05, 3.63) is 53.8 Å². The van der Waals surface area contributed by atoms with Crippen molar-refractivity contribution in [2.75, 3.05) is 11.1 Å². The smallest absolute Gasteiger partial charge is 0.230 e. The molecule has 0 unspecified atom stereocenters. The number of carbonyl (C=O) groups excluding carboxylic acids is 1. The maximum absolute atomic E-state index is 12.5. The van der Waals surface area contributed by atoms with E-state index in [4.69, 9.17) is 15.2 Å². The van der Waals surface area contributed by atoms with E-state index in [1.165, 1.54) is 6.33 Å². The number of carbonyl (C=O) groups is 1. The number of nitrogens with zero attached hydrogens (tertiary/aromatic N) is 5. The first-order valence-electron chi connectivity index (χ1n) is 10.5. The SMILES string of the molecule is CC(C)c1nc(-c2ccc(CC(=O)Nc3cc(C(C)(C)C)on3)cc2)c2c(N)ncnn12. The second-order valence-corrected chi connectivity index (χ2v) is 9.13. The first-order chi connectivity index (χ1) is 15.1. The Kier molecular flexibility index (Phi) is 5.41. The first-order valence-corrected chi connectivity index (χ1v) is 10.5. The fourth-order valence-corrected chi connectivity index (χ4v) is 3.39. The van der Waals surface area contributed by atoms with E-state index < -0.39 is 0 Å². The summed E-state index contributed by atoms with van der Waals surface area (Å²) in [5.41, 5.74) is 9.10. The van der Waals surface area contributed by atoms with Crippen LogP contribution in [0, 0.1) is 0 Å². The van der Waals surface area contributed by atoms with Crippen molar-refractivity contribution in [3.63, 3.8) is 0 Å². The minimum absolute atomic E-state index is 0.168. The maximum Gasteiger partial charge on any atom is 0.230 e. The van der Waals surface area contributed by atoms with E-state index in [2.05, 4.69) is 34.4 Å². The Balaban J connectivity index is 1.53. The summed E-state index contributed by atoms with van der Waals surface area (Å²) in [5, 5.41) is 11.0. The van der Waals surface area contributed by atoms with Gasteiger partial charge in [0.25, 0.3) is 0 Å². The van der Waals surface area contributed by atoms with Crippen LogP contribution in [0.3, 0.4) is 0 Å². The van der Waals surface area contributed by atoms with Gasteiger partial charge in [-0.1, -0.05) is 64.0 Å². The van der Waals surface area contributed by atoms with E-state index in [1.807, 2.05) is 45.0 Å². The average molecular weight is 434 g/mol. The Morgan fingerprint density at radius 1 is 1.22 bits per heavy atom. The lowest BCUT2D eigenvalue weighted by atomic mass is 9.93. The lowest BCUT2D eigenvalue weighted by molar-refractivity contribution is -0.115. The number of fused-ring (bicyclic) bond motifs is 1. The molecule has 1 aromatic carbocycles. The number of rotatable bonds is 5. The molecule has 9 nitrogen and oxygen atoms in total. The number of nitrogens with two attached hydrogens (primary N) is 1. The number of benzene rings is 1. The van der Waals surface area contributed by atoms with Crippen LogP contribution in [0.25, 0.3) is 16.8 Å². The highest BCUT2D eigenvalue weighted by Gasteiger charge is 2.21. The first kappa shape index (κ1) is 21.5. The molecule has 0 aliphatic rings. The van der Waals surface area contributed by atoms with Gasteiger partial charge in [-0.2, -0.15) is 5.10 Å². The molecule has 0 saturated heterocycles. The summed E-state index contributed by atoms with van der Waals surface area (Å²) >= 11 is 0. The second-order valence-electron chi connectivity index (χ2n) is 9.13. The molecule has 0 aliphatic carbocycles. The van der Waals surface area contributed by atoms with Gasteiger partial charge in [0.2, 0.25) is 5.91 Å². The third-order valence-corrected chi connectivity index (χ3v) is 5.11. The number of aromatic nitrogens is 5. The molecular formula is C23H27N7O2. The quantitative estimate of drug-likeness (QED) is 0.488. The number of hydrogen-bond donors (Lipinski definition) is 2. The van der Waals surface area contributed by atoms with Crippen molar-refractivity contribution in [2.45, 2.75) is 52.4 Å². The van der Waals surface area contributed by atoms with E-state index in [9.17, 15) is 4.79 Å². The summed E-state index contributed by atoms with van der Waals surface area (Å²) in [5.74, 6) is 2.32. The molecule has 9 heteroatoms. The molecule has 0 bridgehead atoms. The molecule has 0 radical (unpaired) electrons. The molecule has 1 amide bonds. The van der Waals surface area contributed by atoms with Gasteiger partial charge in [-0.25, -0.2) is 14.5 Å². The topological polar surface area (TPSA) is 124 Å². The zero-order chi connectivity index (χ0) is 23.0. The molecule has 0 spiro atoms. The molecule has 3 N–H and O–H groups in total. The number of anilines is 2. The van der Waals surface area contributed by atoms with Crippen LogP contribution in [0.15, 0.2) is 41.2 Å². The molecule has 0 aliphatic heterocycles. The average Bonchev–Trinajstić information content (AvgIpc) is 3.34. The highest BCUT2D eigenvalue weighted by Crippen LogP contribution is 2.30. The van der Waals surface area contributed by atoms with Gasteiger partial charge in [0.15, 0.2) is 11.6 Å². The summed E-state index contributed by atoms with van der Waals surface area (Å²) in [6.45, 7) is 10.2. The molecule has 3 aromatic heterocycles. The van der Waals surface area contributed by atoms with E-state index in [1.54, 1.807) is 10.6 Å². The highest BCUT2D eigenvalue weighted by molar-refractivity contribution is 5.91. The van der Waals surface area contributed by atoms with Crippen molar-refractivity contribution in [3.8, 4) is 11.3 Å². The van der Waals surface area contributed by atoms with Crippen LogP contribution in [-0.2, 0) is 16.6 Å². The molecule has 0 fully saturated rings. The van der Waals surface area contributed by atoms with E-state index in [-0.39, 0.29) is 23.7 Å². The van der Waals surface area contributed by atoms with Gasteiger partial charge in [-0.3, -0.25) is 4.79 Å². The number of nitrogen functional groups attached to an aromatic ring is 1. The Labute approximate surface area is 186 Å². The normalized spacial score (nSPS) is 11.9. The Morgan fingerprint density at radius 3 is 2.56 bits per heavy atom. The number of hydrogen-bond acceptors (Lipinski definition) is 7. The summed E-state index contributed by atoms with van der Waals surface area (Å²) in [7, 11) is 0. The fraction of sp³-hybridized carbons (Fsp3) is 0.348. The van der Waals surface area contributed by atoms with Crippen molar-refractivity contribution in [1.29, 1.82) is 0 Å². The third kappa shape index (κ3) is 4.18. The van der Waals surface area contributed by atoms with E-state index in [0.717, 1.165) is 22.6 Å². The number of imidazole rings is 1. The largest absolute Gasteiger partial charge is 0.382 e. The van der Waals surface area contributed by atoms with Gasteiger partial charge in [0.05, 0.1) is 6.42 Å². The maximum atomic E-state index is 12.5. The molecule has 0 atom stereocenters. The van der Waals surface area contributed by atoms with Crippen molar-refractivity contribution < 1.29 is 9.32 Å². The van der Waals surface area contributed by atoms with Crippen molar-refractivity contribution in [1.82, 2.24) is 24.7 Å². The number of nitrogens with one attached hydrogen (secondary N) is 1. The zero-order valence-electron chi connectivity index (χ0n) is 18.9. The molecule has 4 rings (SSSR count). The third-order valence-electron chi connectivity index (χ3n) is 5.11. The van der Waals surface area contributed by atoms with Crippen LogP contribution in [0.4, 0.5) is 11.6 Å². The van der Waals surface area contributed by atoms with E-state index >= 15 is 0 Å². The lowest BCUT2D eigenvalue weighted by Crippen LogP contribution is -2.14. The van der Waals surface area contributed by atoms with Crippen LogP contribution in [0.2, 0.25) is 0 Å². The minimum atomic E-state index is -0.174. The van der Waals surface area contributed by atoms with Gasteiger partial charge < -0.3 is 15.6 Å². The van der Waals surface area contributed by atoms with Gasteiger partial charge >= 0.3 is 0 Å². The fourth-order valence-electron chi connectivity index (χ4n) is 3.39. The predicted octanol–water partition coefficient (Wildman–Crippen LogP) is 3.96. The molecule has 3 heterocycles. The van der Waals surface area contributed by atoms with Crippen LogP contribution >= 0.6 is 0 Å². The summed E-state index contributed by atoms with van der Waals surface area (Å²) in [4.78, 5) is 21.3. The van der Waals surface area contributed by atoms with Gasteiger partial charge in [0, 0.05) is 23.0 Å². The molecule has 0 saturated carbocycles. The lowest BCUT2D eigenvalue weighted by Gasteiger charge is -2.12. The highest BCUT2D eigenvalue weighted by atomic mass is 16.5. The number of amides is 1.